The van der Waals surface area contributed by atoms with E-state index < -0.39 is 0 Å². The van der Waals surface area contributed by atoms with Crippen LogP contribution in [-0.4, -0.2) is 40.2 Å². The fourth-order valence-electron chi connectivity index (χ4n) is 2.58. The number of aliphatic hydroxyl groups is 1. The number of rotatable bonds is 2. The Morgan fingerprint density at radius 2 is 2.28 bits per heavy atom. The van der Waals surface area contributed by atoms with E-state index in [-0.39, 0.29) is 24.3 Å². The molecule has 1 aliphatic heterocycles. The largest absolute Gasteiger partial charge is 0.508 e. The third-order valence-corrected chi connectivity index (χ3v) is 3.66. The average molecular weight is 249 g/mol. The number of likely N-dealkylation sites (tertiary alicyclic amines) is 1. The van der Waals surface area contributed by atoms with Crippen LogP contribution in [0.4, 0.5) is 0 Å². The van der Waals surface area contributed by atoms with Crippen LogP contribution in [0, 0.1) is 5.92 Å². The molecule has 1 heterocycles. The molecule has 0 unspecified atom stereocenters. The molecule has 18 heavy (non-hydrogen) atoms. The van der Waals surface area contributed by atoms with Gasteiger partial charge < -0.3 is 15.1 Å². The van der Waals surface area contributed by atoms with Gasteiger partial charge in [0.1, 0.15) is 5.75 Å². The third-order valence-electron chi connectivity index (χ3n) is 3.66. The molecule has 4 nitrogen and oxygen atoms in total. The molecule has 98 valence electrons. The van der Waals surface area contributed by atoms with Crippen molar-refractivity contribution in [2.45, 2.75) is 25.8 Å². The maximum absolute atomic E-state index is 12.4. The molecule has 1 fully saturated rings. The molecule has 1 amide bonds. The standard InChI is InChI=1S/C14H19NO3/c1-10-4-3-7-15(13(10)9-16)14(18)11-5-2-6-12(17)8-11/h2,5-6,8,10,13,16-17H,3-4,7,9H2,1H3/t10-,13-/m1/s1. The van der Waals surface area contributed by atoms with Gasteiger partial charge in [0.25, 0.3) is 5.91 Å². The summed E-state index contributed by atoms with van der Waals surface area (Å²) < 4.78 is 0. The fourth-order valence-corrected chi connectivity index (χ4v) is 2.58. The number of piperidine rings is 1. The Hall–Kier alpha value is -1.55. The van der Waals surface area contributed by atoms with Crippen molar-refractivity contribution in [1.29, 1.82) is 0 Å². The zero-order valence-electron chi connectivity index (χ0n) is 10.5. The lowest BCUT2D eigenvalue weighted by Gasteiger charge is -2.39. The minimum atomic E-state index is -0.117. The monoisotopic (exact) mass is 249 g/mol. The molecule has 1 aliphatic rings. The van der Waals surface area contributed by atoms with Gasteiger partial charge in [-0.3, -0.25) is 4.79 Å². The zero-order chi connectivity index (χ0) is 13.1. The van der Waals surface area contributed by atoms with Crippen LogP contribution in [0.1, 0.15) is 30.1 Å². The smallest absolute Gasteiger partial charge is 0.254 e. The van der Waals surface area contributed by atoms with Crippen molar-refractivity contribution in [3.63, 3.8) is 0 Å². The highest BCUT2D eigenvalue weighted by Crippen LogP contribution is 2.25. The molecule has 1 aromatic rings. The molecule has 0 bridgehead atoms. The maximum atomic E-state index is 12.4. The first-order valence-corrected chi connectivity index (χ1v) is 6.34. The van der Waals surface area contributed by atoms with E-state index in [1.165, 1.54) is 6.07 Å². The number of phenolic OH excluding ortho intramolecular Hbond substituents is 1. The normalized spacial score (nSPS) is 24.0. The van der Waals surface area contributed by atoms with E-state index in [9.17, 15) is 15.0 Å². The van der Waals surface area contributed by atoms with Gasteiger partial charge in [-0.1, -0.05) is 13.0 Å². The number of phenols is 1. The molecule has 2 atom stereocenters. The lowest BCUT2D eigenvalue weighted by molar-refractivity contribution is 0.0358. The molecule has 0 aromatic heterocycles. The summed E-state index contributed by atoms with van der Waals surface area (Å²) in [4.78, 5) is 14.1. The van der Waals surface area contributed by atoms with E-state index in [0.717, 1.165) is 12.8 Å². The lowest BCUT2D eigenvalue weighted by atomic mass is 9.90. The highest BCUT2D eigenvalue weighted by molar-refractivity contribution is 5.94. The van der Waals surface area contributed by atoms with Crippen LogP contribution in [0.2, 0.25) is 0 Å². The van der Waals surface area contributed by atoms with Crippen LogP contribution >= 0.6 is 0 Å². The van der Waals surface area contributed by atoms with Crippen LogP contribution in [0.15, 0.2) is 24.3 Å². The maximum Gasteiger partial charge on any atom is 0.254 e. The summed E-state index contributed by atoms with van der Waals surface area (Å²) >= 11 is 0. The number of aromatic hydroxyl groups is 1. The molecule has 0 saturated carbocycles. The summed E-state index contributed by atoms with van der Waals surface area (Å²) in [5.41, 5.74) is 0.475. The van der Waals surface area contributed by atoms with Gasteiger partial charge in [0.15, 0.2) is 0 Å². The number of carbonyl (C=O) groups is 1. The molecule has 0 radical (unpaired) electrons. The third kappa shape index (κ3) is 2.48. The Bertz CT molecular complexity index is 433. The van der Waals surface area contributed by atoms with Gasteiger partial charge in [0.05, 0.1) is 12.6 Å². The Morgan fingerprint density at radius 3 is 2.94 bits per heavy atom. The van der Waals surface area contributed by atoms with Gasteiger partial charge in [-0.25, -0.2) is 0 Å². The summed E-state index contributed by atoms with van der Waals surface area (Å²) in [6.45, 7) is 2.72. The average Bonchev–Trinajstić information content (AvgIpc) is 2.37. The van der Waals surface area contributed by atoms with Crippen LogP contribution in [-0.2, 0) is 0 Å². The Labute approximate surface area is 107 Å². The Kier molecular flexibility index (Phi) is 3.87. The molecular formula is C14H19NO3. The molecule has 2 rings (SSSR count). The van der Waals surface area contributed by atoms with E-state index in [1.54, 1.807) is 23.1 Å². The summed E-state index contributed by atoms with van der Waals surface area (Å²) in [6, 6.07) is 6.24. The minimum Gasteiger partial charge on any atom is -0.508 e. The fraction of sp³-hybridized carbons (Fsp3) is 0.500. The van der Waals surface area contributed by atoms with Gasteiger partial charge in [0, 0.05) is 12.1 Å². The minimum absolute atomic E-state index is 0.00821. The molecule has 0 spiro atoms. The molecule has 1 saturated heterocycles. The van der Waals surface area contributed by atoms with Crippen molar-refractivity contribution >= 4 is 5.91 Å². The first-order valence-electron chi connectivity index (χ1n) is 6.34. The van der Waals surface area contributed by atoms with E-state index in [0.29, 0.717) is 18.0 Å². The van der Waals surface area contributed by atoms with Crippen LogP contribution in [0.3, 0.4) is 0 Å². The number of hydrogen-bond donors (Lipinski definition) is 2. The quantitative estimate of drug-likeness (QED) is 0.837. The highest BCUT2D eigenvalue weighted by Gasteiger charge is 2.31. The number of nitrogens with zero attached hydrogens (tertiary/aromatic N) is 1. The van der Waals surface area contributed by atoms with Crippen molar-refractivity contribution in [2.24, 2.45) is 5.92 Å². The van der Waals surface area contributed by atoms with Crippen molar-refractivity contribution in [1.82, 2.24) is 4.90 Å². The molecule has 1 aromatic carbocycles. The second-order valence-electron chi connectivity index (χ2n) is 4.92. The Morgan fingerprint density at radius 1 is 1.50 bits per heavy atom. The molecule has 2 N–H and O–H groups in total. The van der Waals surface area contributed by atoms with Crippen molar-refractivity contribution in [2.75, 3.05) is 13.2 Å². The molecular weight excluding hydrogens is 230 g/mol. The van der Waals surface area contributed by atoms with Crippen molar-refractivity contribution in [3.05, 3.63) is 29.8 Å². The van der Waals surface area contributed by atoms with Gasteiger partial charge in [-0.05, 0) is 37.0 Å². The van der Waals surface area contributed by atoms with Gasteiger partial charge in [0.2, 0.25) is 0 Å². The van der Waals surface area contributed by atoms with Crippen LogP contribution in [0.25, 0.3) is 0 Å². The van der Waals surface area contributed by atoms with Gasteiger partial charge in [-0.15, -0.1) is 0 Å². The number of carbonyl (C=O) groups excluding carboxylic acids is 1. The van der Waals surface area contributed by atoms with E-state index in [2.05, 4.69) is 6.92 Å². The predicted octanol–water partition coefficient (Wildman–Crippen LogP) is 1.63. The predicted molar refractivity (Wildman–Crippen MR) is 68.4 cm³/mol. The SMILES string of the molecule is C[C@@H]1CCCN(C(=O)c2cccc(O)c2)[C@@H]1CO. The molecule has 0 aliphatic carbocycles. The van der Waals surface area contributed by atoms with Crippen molar-refractivity contribution in [3.8, 4) is 5.75 Å². The van der Waals surface area contributed by atoms with Gasteiger partial charge in [-0.2, -0.15) is 0 Å². The highest BCUT2D eigenvalue weighted by atomic mass is 16.3. The molecule has 4 heteroatoms. The second kappa shape index (κ2) is 5.40. The van der Waals surface area contributed by atoms with Gasteiger partial charge >= 0.3 is 0 Å². The summed E-state index contributed by atoms with van der Waals surface area (Å²) in [5.74, 6) is 0.285. The topological polar surface area (TPSA) is 60.8 Å². The van der Waals surface area contributed by atoms with Crippen molar-refractivity contribution < 1.29 is 15.0 Å². The second-order valence-corrected chi connectivity index (χ2v) is 4.92. The first kappa shape index (κ1) is 12.9. The summed E-state index contributed by atoms with van der Waals surface area (Å²) in [6.07, 6.45) is 2.00. The number of aliphatic hydroxyl groups excluding tert-OH is 1. The van der Waals surface area contributed by atoms with E-state index >= 15 is 0 Å². The van der Waals surface area contributed by atoms with Crippen LogP contribution in [0.5, 0.6) is 5.75 Å². The van der Waals surface area contributed by atoms with Crippen LogP contribution < -0.4 is 0 Å². The first-order chi connectivity index (χ1) is 8.63. The summed E-state index contributed by atoms with van der Waals surface area (Å²) in [7, 11) is 0. The number of benzene rings is 1. The number of amides is 1. The lowest BCUT2D eigenvalue weighted by Crippen LogP contribution is -2.49. The zero-order valence-corrected chi connectivity index (χ0v) is 10.5. The van der Waals surface area contributed by atoms with E-state index in [4.69, 9.17) is 0 Å². The summed E-state index contributed by atoms with van der Waals surface area (Å²) in [5, 5.41) is 18.9. The van der Waals surface area contributed by atoms with E-state index in [1.807, 2.05) is 0 Å². The number of hydrogen-bond acceptors (Lipinski definition) is 3. The Balaban J connectivity index is 2.21.